The normalized spacial score (nSPS) is 20.7. The fourth-order valence-corrected chi connectivity index (χ4v) is 7.33. The third-order valence-corrected chi connectivity index (χ3v) is 9.14. The van der Waals surface area contributed by atoms with E-state index in [-0.39, 0.29) is 35.4 Å². The van der Waals surface area contributed by atoms with Gasteiger partial charge in [-0.1, -0.05) is 24.3 Å². The molecule has 1 unspecified atom stereocenters. The maximum Gasteiger partial charge on any atom is 0.510 e. The quantitative estimate of drug-likeness (QED) is 0.293. The molecular weight excluding hydrogens is 584 g/mol. The first-order valence-corrected chi connectivity index (χ1v) is 14.7. The number of piperidine rings is 1. The number of thioether (sulfide) groups is 1. The number of halogens is 2. The van der Waals surface area contributed by atoms with E-state index < -0.39 is 48.1 Å². The molecule has 0 radical (unpaired) electrons. The maximum atomic E-state index is 15.4. The number of carbonyl (C=O) groups excluding carboxylic acids is 2. The SMILES string of the molecule is COCC1CCC[C@@H]2N1C(=O)c1c(OCOC(=O)OC)c(=O)ccn1N2[C@@H]1c2ccccc2SCc2c1ccc(F)c2F. The molecule has 0 spiro atoms. The van der Waals surface area contributed by atoms with E-state index in [4.69, 9.17) is 14.2 Å². The lowest BCUT2D eigenvalue weighted by atomic mass is 9.91. The lowest BCUT2D eigenvalue weighted by Gasteiger charge is -2.54. The average molecular weight is 614 g/mol. The van der Waals surface area contributed by atoms with Crippen LogP contribution in [0.4, 0.5) is 13.6 Å². The molecule has 3 atom stereocenters. The van der Waals surface area contributed by atoms with Gasteiger partial charge in [0.05, 0.1) is 25.8 Å². The van der Waals surface area contributed by atoms with E-state index in [1.54, 1.807) is 22.8 Å². The molecule has 4 heterocycles. The average Bonchev–Trinajstić information content (AvgIpc) is 3.17. The number of hydrogen-bond donors (Lipinski definition) is 0. The van der Waals surface area contributed by atoms with Crippen LogP contribution < -0.4 is 15.2 Å². The first-order chi connectivity index (χ1) is 20.8. The summed E-state index contributed by atoms with van der Waals surface area (Å²) >= 11 is 1.41. The highest BCUT2D eigenvalue weighted by molar-refractivity contribution is 7.98. The van der Waals surface area contributed by atoms with Crippen LogP contribution in [0.25, 0.3) is 0 Å². The van der Waals surface area contributed by atoms with Crippen molar-refractivity contribution in [3.8, 4) is 5.75 Å². The molecule has 2 aromatic carbocycles. The molecule has 226 valence electrons. The number of pyridine rings is 1. The molecule has 1 fully saturated rings. The Balaban J connectivity index is 1.60. The Morgan fingerprint density at radius 3 is 2.65 bits per heavy atom. The highest BCUT2D eigenvalue weighted by atomic mass is 32.2. The van der Waals surface area contributed by atoms with Crippen molar-refractivity contribution in [1.29, 1.82) is 0 Å². The molecular formula is C30H29F2N3O7S. The van der Waals surface area contributed by atoms with E-state index in [1.165, 1.54) is 24.0 Å². The van der Waals surface area contributed by atoms with Crippen LogP contribution in [0.3, 0.4) is 0 Å². The van der Waals surface area contributed by atoms with Crippen LogP contribution in [0.1, 0.15) is 52.5 Å². The summed E-state index contributed by atoms with van der Waals surface area (Å²) in [6, 6.07) is 10.6. The molecule has 3 aromatic rings. The maximum absolute atomic E-state index is 15.4. The van der Waals surface area contributed by atoms with Crippen LogP contribution in [0, 0.1) is 11.6 Å². The zero-order chi connectivity index (χ0) is 30.2. The molecule has 10 nitrogen and oxygen atoms in total. The number of methoxy groups -OCH3 is 2. The standard InChI is InChI=1S/C30H29F2N3O7S/c1-39-14-17-6-5-9-24-34(17)29(37)27-28(41-16-42-30(38)40-2)22(36)12-13-33(27)35(24)26-18-10-11-21(31)25(32)20(18)15-43-23-8-4-3-7-19(23)26/h3-4,7-8,10-13,17,24,26H,5-6,9,14-16H2,1-2H3/t17?,24-,26+/m1/s1. The van der Waals surface area contributed by atoms with Gasteiger partial charge in [0.15, 0.2) is 17.3 Å². The van der Waals surface area contributed by atoms with Crippen molar-refractivity contribution >= 4 is 23.8 Å². The van der Waals surface area contributed by atoms with Gasteiger partial charge in [-0.3, -0.25) is 19.3 Å². The molecule has 0 aliphatic carbocycles. The Kier molecular flexibility index (Phi) is 8.01. The van der Waals surface area contributed by atoms with Gasteiger partial charge in [-0.15, -0.1) is 11.8 Å². The number of fused-ring (bicyclic) bond motifs is 4. The number of carbonyl (C=O) groups is 2. The van der Waals surface area contributed by atoms with Crippen LogP contribution in [0.15, 0.2) is 58.4 Å². The second-order valence-electron chi connectivity index (χ2n) is 10.3. The summed E-state index contributed by atoms with van der Waals surface area (Å²) in [5.41, 5.74) is 0.919. The first kappa shape index (κ1) is 29.0. The number of ether oxygens (including phenoxy) is 4. The predicted octanol–water partition coefficient (Wildman–Crippen LogP) is 4.56. The third-order valence-electron chi connectivity index (χ3n) is 8.02. The highest BCUT2D eigenvalue weighted by Gasteiger charge is 2.48. The van der Waals surface area contributed by atoms with E-state index in [9.17, 15) is 18.8 Å². The zero-order valence-corrected chi connectivity index (χ0v) is 24.3. The van der Waals surface area contributed by atoms with E-state index >= 15 is 4.39 Å². The minimum absolute atomic E-state index is 0.0845. The van der Waals surface area contributed by atoms with Crippen molar-refractivity contribution < 1.29 is 37.3 Å². The molecule has 0 bridgehead atoms. The van der Waals surface area contributed by atoms with Gasteiger partial charge in [-0.25, -0.2) is 13.6 Å². The van der Waals surface area contributed by atoms with Crippen LogP contribution >= 0.6 is 11.8 Å². The summed E-state index contributed by atoms with van der Waals surface area (Å²) in [7, 11) is 2.68. The second-order valence-corrected chi connectivity index (χ2v) is 11.4. The van der Waals surface area contributed by atoms with Gasteiger partial charge in [0.1, 0.15) is 6.17 Å². The van der Waals surface area contributed by atoms with Gasteiger partial charge in [-0.05, 0) is 42.5 Å². The van der Waals surface area contributed by atoms with E-state index in [0.29, 0.717) is 18.4 Å². The highest BCUT2D eigenvalue weighted by Crippen LogP contribution is 2.46. The minimum atomic E-state index is -1.02. The van der Waals surface area contributed by atoms with E-state index in [0.717, 1.165) is 30.1 Å². The molecule has 1 saturated heterocycles. The largest absolute Gasteiger partial charge is 0.510 e. The Morgan fingerprint density at radius 1 is 1.05 bits per heavy atom. The van der Waals surface area contributed by atoms with Crippen molar-refractivity contribution in [3.63, 3.8) is 0 Å². The number of nitrogens with zero attached hydrogens (tertiary/aromatic N) is 3. The van der Waals surface area contributed by atoms with Gasteiger partial charge in [-0.2, -0.15) is 0 Å². The molecule has 1 amide bonds. The fraction of sp³-hybridized carbons (Fsp3) is 0.367. The van der Waals surface area contributed by atoms with Gasteiger partial charge >= 0.3 is 6.16 Å². The number of benzene rings is 2. The molecule has 43 heavy (non-hydrogen) atoms. The summed E-state index contributed by atoms with van der Waals surface area (Å²) < 4.78 is 52.0. The predicted molar refractivity (Wildman–Crippen MR) is 152 cm³/mol. The van der Waals surface area contributed by atoms with Crippen molar-refractivity contribution in [1.82, 2.24) is 9.58 Å². The van der Waals surface area contributed by atoms with Crippen LogP contribution in [-0.4, -0.2) is 61.5 Å². The number of amides is 1. The molecule has 3 aliphatic rings. The van der Waals surface area contributed by atoms with Crippen LogP contribution in [0.5, 0.6) is 5.75 Å². The summed E-state index contributed by atoms with van der Waals surface area (Å²) in [4.78, 5) is 41.6. The van der Waals surface area contributed by atoms with Crippen LogP contribution in [0.2, 0.25) is 0 Å². The van der Waals surface area contributed by atoms with Crippen molar-refractivity contribution in [2.24, 2.45) is 0 Å². The second kappa shape index (κ2) is 11.9. The summed E-state index contributed by atoms with van der Waals surface area (Å²) in [5.74, 6) is -2.43. The Bertz CT molecular complexity index is 1630. The topological polar surface area (TPSA) is 99.5 Å². The number of hydrogen-bond acceptors (Lipinski definition) is 9. The van der Waals surface area contributed by atoms with Crippen molar-refractivity contribution in [2.45, 2.75) is 48.2 Å². The van der Waals surface area contributed by atoms with E-state index in [2.05, 4.69) is 4.74 Å². The zero-order valence-electron chi connectivity index (χ0n) is 23.5. The van der Waals surface area contributed by atoms with Gasteiger partial charge in [0, 0.05) is 35.6 Å². The summed E-state index contributed by atoms with van der Waals surface area (Å²) in [6.07, 6.45) is 1.95. The summed E-state index contributed by atoms with van der Waals surface area (Å²) in [6.45, 7) is -0.421. The smallest absolute Gasteiger partial charge is 0.451 e. The minimum Gasteiger partial charge on any atom is -0.451 e. The molecule has 0 saturated carbocycles. The Morgan fingerprint density at radius 2 is 1.86 bits per heavy atom. The monoisotopic (exact) mass is 613 g/mol. The van der Waals surface area contributed by atoms with Gasteiger partial charge in [0.25, 0.3) is 5.91 Å². The fourth-order valence-electron chi connectivity index (χ4n) is 6.22. The molecule has 6 rings (SSSR count). The summed E-state index contributed by atoms with van der Waals surface area (Å²) in [5, 5.41) is 1.94. The molecule has 13 heteroatoms. The third kappa shape index (κ3) is 4.99. The molecule has 3 aliphatic heterocycles. The van der Waals surface area contributed by atoms with Crippen molar-refractivity contribution in [2.75, 3.05) is 32.6 Å². The molecule has 1 aromatic heterocycles. The van der Waals surface area contributed by atoms with Gasteiger partial charge < -0.3 is 23.8 Å². The lowest BCUT2D eigenvalue weighted by Crippen LogP contribution is -2.67. The van der Waals surface area contributed by atoms with Crippen LogP contribution in [-0.2, 0) is 20.0 Å². The van der Waals surface area contributed by atoms with Gasteiger partial charge in [0.2, 0.25) is 18.0 Å². The Labute approximate surface area is 250 Å². The first-order valence-electron chi connectivity index (χ1n) is 13.7. The van der Waals surface area contributed by atoms with Crippen molar-refractivity contribution in [3.05, 3.63) is 92.9 Å². The lowest BCUT2D eigenvalue weighted by molar-refractivity contribution is 0.00196. The molecule has 0 N–H and O–H groups in total. The number of rotatable bonds is 6. The Hall–Kier alpha value is -4.10. The van der Waals surface area contributed by atoms with E-state index in [1.807, 2.05) is 29.3 Å². The number of aromatic nitrogens is 1.